The number of hydrogen-bond acceptors (Lipinski definition) is 4. The first kappa shape index (κ1) is 17.4. The number of amides is 1. The zero-order chi connectivity index (χ0) is 15.7. The van der Waals surface area contributed by atoms with E-state index >= 15 is 0 Å². The van der Waals surface area contributed by atoms with Crippen molar-refractivity contribution in [3.63, 3.8) is 0 Å². The van der Waals surface area contributed by atoms with Crippen molar-refractivity contribution in [2.45, 2.75) is 26.4 Å². The molecule has 1 aromatic rings. The van der Waals surface area contributed by atoms with Gasteiger partial charge >= 0.3 is 0 Å². The van der Waals surface area contributed by atoms with E-state index in [0.717, 1.165) is 5.56 Å². The van der Waals surface area contributed by atoms with E-state index in [1.54, 1.807) is 13.2 Å². The second-order valence-corrected chi connectivity index (χ2v) is 4.93. The topological polar surface area (TPSA) is 59.6 Å². The van der Waals surface area contributed by atoms with Crippen LogP contribution in [0.1, 0.15) is 19.4 Å². The van der Waals surface area contributed by atoms with Gasteiger partial charge in [0, 0.05) is 26.2 Å². The minimum atomic E-state index is -0.470. The van der Waals surface area contributed by atoms with Crippen LogP contribution in [-0.4, -0.2) is 38.8 Å². The fourth-order valence-electron chi connectivity index (χ4n) is 1.58. The Balaban J connectivity index is 2.43. The van der Waals surface area contributed by atoms with Crippen molar-refractivity contribution >= 4 is 5.91 Å². The van der Waals surface area contributed by atoms with Gasteiger partial charge in [-0.1, -0.05) is 19.9 Å². The van der Waals surface area contributed by atoms with Crippen molar-refractivity contribution in [1.82, 2.24) is 10.6 Å². The third kappa shape index (κ3) is 7.06. The highest BCUT2D eigenvalue weighted by atomic mass is 19.1. The van der Waals surface area contributed by atoms with Crippen LogP contribution in [0, 0.1) is 5.82 Å². The smallest absolute Gasteiger partial charge is 0.258 e. The molecule has 2 N–H and O–H groups in total. The number of rotatable bonds is 9. The van der Waals surface area contributed by atoms with Gasteiger partial charge in [0.2, 0.25) is 0 Å². The summed E-state index contributed by atoms with van der Waals surface area (Å²) >= 11 is 0. The van der Waals surface area contributed by atoms with Crippen molar-refractivity contribution in [2.24, 2.45) is 0 Å². The van der Waals surface area contributed by atoms with Crippen molar-refractivity contribution in [2.75, 3.05) is 26.9 Å². The van der Waals surface area contributed by atoms with Gasteiger partial charge in [0.25, 0.3) is 5.91 Å². The Morgan fingerprint density at radius 1 is 1.38 bits per heavy atom. The summed E-state index contributed by atoms with van der Waals surface area (Å²) in [5.41, 5.74) is 0.832. The van der Waals surface area contributed by atoms with Gasteiger partial charge in [-0.25, -0.2) is 4.39 Å². The summed E-state index contributed by atoms with van der Waals surface area (Å²) in [4.78, 5) is 11.4. The molecule has 21 heavy (non-hydrogen) atoms. The molecule has 0 spiro atoms. The molecule has 6 heteroatoms. The Kier molecular flexibility index (Phi) is 7.71. The summed E-state index contributed by atoms with van der Waals surface area (Å²) in [6.07, 6.45) is 0. The van der Waals surface area contributed by atoms with Gasteiger partial charge < -0.3 is 20.1 Å². The first-order chi connectivity index (χ1) is 10.0. The fraction of sp³-hybridized carbons (Fsp3) is 0.533. The number of halogens is 1. The van der Waals surface area contributed by atoms with Crippen LogP contribution in [0.5, 0.6) is 5.75 Å². The summed E-state index contributed by atoms with van der Waals surface area (Å²) in [7, 11) is 1.55. The SMILES string of the molecule is COCCNC(=O)COc1ccc(CNC(C)C)cc1F. The van der Waals surface area contributed by atoms with E-state index in [0.29, 0.717) is 25.7 Å². The molecule has 0 saturated heterocycles. The van der Waals surface area contributed by atoms with Crippen molar-refractivity contribution in [1.29, 1.82) is 0 Å². The number of nitrogens with one attached hydrogen (secondary N) is 2. The molecule has 0 heterocycles. The monoisotopic (exact) mass is 298 g/mol. The van der Waals surface area contributed by atoms with Gasteiger partial charge in [0.15, 0.2) is 18.2 Å². The maximum atomic E-state index is 13.8. The molecule has 0 saturated carbocycles. The zero-order valence-electron chi connectivity index (χ0n) is 12.7. The van der Waals surface area contributed by atoms with Gasteiger partial charge in [0.05, 0.1) is 6.61 Å². The maximum Gasteiger partial charge on any atom is 0.258 e. The highest BCUT2D eigenvalue weighted by molar-refractivity contribution is 5.77. The molecule has 0 aliphatic heterocycles. The molecular formula is C15H23FN2O3. The van der Waals surface area contributed by atoms with Crippen molar-refractivity contribution < 1.29 is 18.7 Å². The summed E-state index contributed by atoms with van der Waals surface area (Å²) < 4.78 is 23.8. The summed E-state index contributed by atoms with van der Waals surface area (Å²) in [5, 5.41) is 5.80. The summed E-state index contributed by atoms with van der Waals surface area (Å²) in [5.74, 6) is -0.704. The molecule has 1 amide bonds. The number of benzene rings is 1. The molecule has 0 fully saturated rings. The van der Waals surface area contributed by atoms with Gasteiger partial charge in [0.1, 0.15) is 0 Å². The van der Waals surface area contributed by atoms with E-state index in [2.05, 4.69) is 10.6 Å². The highest BCUT2D eigenvalue weighted by Crippen LogP contribution is 2.18. The van der Waals surface area contributed by atoms with Crippen LogP contribution in [0.2, 0.25) is 0 Å². The summed E-state index contributed by atoms with van der Waals surface area (Å²) in [6.45, 7) is 5.25. The first-order valence-corrected chi connectivity index (χ1v) is 6.93. The Hall–Kier alpha value is -1.66. The fourth-order valence-corrected chi connectivity index (χ4v) is 1.58. The predicted octanol–water partition coefficient (Wildman–Crippen LogP) is 1.47. The molecule has 0 aliphatic carbocycles. The quantitative estimate of drug-likeness (QED) is 0.678. The van der Waals surface area contributed by atoms with Gasteiger partial charge in [-0.3, -0.25) is 4.79 Å². The molecule has 0 radical (unpaired) electrons. The first-order valence-electron chi connectivity index (χ1n) is 6.93. The van der Waals surface area contributed by atoms with E-state index < -0.39 is 5.82 Å². The molecule has 0 aromatic heterocycles. The van der Waals surface area contributed by atoms with Crippen LogP contribution in [-0.2, 0) is 16.1 Å². The number of carbonyl (C=O) groups excluding carboxylic acids is 1. The van der Waals surface area contributed by atoms with Crippen LogP contribution in [0.15, 0.2) is 18.2 Å². The third-order valence-corrected chi connectivity index (χ3v) is 2.70. The zero-order valence-corrected chi connectivity index (χ0v) is 12.7. The standard InChI is InChI=1S/C15H23FN2O3/c1-11(2)18-9-12-4-5-14(13(16)8-12)21-10-15(19)17-6-7-20-3/h4-5,8,11,18H,6-7,9-10H2,1-3H3,(H,17,19). The Morgan fingerprint density at radius 3 is 2.76 bits per heavy atom. The predicted molar refractivity (Wildman–Crippen MR) is 78.8 cm³/mol. The lowest BCUT2D eigenvalue weighted by Crippen LogP contribution is -2.31. The Morgan fingerprint density at radius 2 is 2.14 bits per heavy atom. The van der Waals surface area contributed by atoms with Gasteiger partial charge in [-0.05, 0) is 17.7 Å². The summed E-state index contributed by atoms with van der Waals surface area (Å²) in [6, 6.07) is 5.05. The second-order valence-electron chi connectivity index (χ2n) is 4.93. The van der Waals surface area contributed by atoms with Gasteiger partial charge in [-0.2, -0.15) is 0 Å². The van der Waals surface area contributed by atoms with Gasteiger partial charge in [-0.15, -0.1) is 0 Å². The number of methoxy groups -OCH3 is 1. The van der Waals surface area contributed by atoms with Crippen molar-refractivity contribution in [3.05, 3.63) is 29.6 Å². The van der Waals surface area contributed by atoms with Crippen molar-refractivity contribution in [3.8, 4) is 5.75 Å². The number of carbonyl (C=O) groups is 1. The van der Waals surface area contributed by atoms with E-state index in [-0.39, 0.29) is 18.3 Å². The molecule has 0 aliphatic rings. The second kappa shape index (κ2) is 9.31. The number of ether oxygens (including phenoxy) is 2. The van der Waals surface area contributed by atoms with E-state index in [1.165, 1.54) is 12.1 Å². The van der Waals surface area contributed by atoms with E-state index in [1.807, 2.05) is 13.8 Å². The molecule has 0 atom stereocenters. The molecule has 5 nitrogen and oxygen atoms in total. The largest absolute Gasteiger partial charge is 0.481 e. The molecule has 0 bridgehead atoms. The molecule has 1 rings (SSSR count). The van der Waals surface area contributed by atoms with Crippen LogP contribution in [0.4, 0.5) is 4.39 Å². The van der Waals surface area contributed by atoms with Crippen LogP contribution in [0.3, 0.4) is 0 Å². The van der Waals surface area contributed by atoms with Crippen LogP contribution < -0.4 is 15.4 Å². The Bertz CT molecular complexity index is 453. The average Bonchev–Trinajstić information content (AvgIpc) is 2.44. The average molecular weight is 298 g/mol. The lowest BCUT2D eigenvalue weighted by molar-refractivity contribution is -0.123. The van der Waals surface area contributed by atoms with E-state index in [9.17, 15) is 9.18 Å². The van der Waals surface area contributed by atoms with Crippen LogP contribution in [0.25, 0.3) is 0 Å². The maximum absolute atomic E-state index is 13.8. The molecule has 1 aromatic carbocycles. The van der Waals surface area contributed by atoms with E-state index in [4.69, 9.17) is 9.47 Å². The van der Waals surface area contributed by atoms with Crippen LogP contribution >= 0.6 is 0 Å². The molecule has 0 unspecified atom stereocenters. The normalized spacial score (nSPS) is 10.7. The minimum absolute atomic E-state index is 0.0742. The Labute approximate surface area is 124 Å². The minimum Gasteiger partial charge on any atom is -0.481 e. The lowest BCUT2D eigenvalue weighted by Gasteiger charge is -2.11. The molecule has 118 valence electrons. The number of hydrogen-bond donors (Lipinski definition) is 2. The molecular weight excluding hydrogens is 275 g/mol. The third-order valence-electron chi connectivity index (χ3n) is 2.70. The highest BCUT2D eigenvalue weighted by Gasteiger charge is 2.08. The lowest BCUT2D eigenvalue weighted by atomic mass is 10.2.